The molecular weight excluding hydrogens is 170 g/mol. The molecule has 0 radical (unpaired) electrons. The highest BCUT2D eigenvalue weighted by Crippen LogP contribution is 2.12. The molecule has 2 rings (SSSR count). The summed E-state index contributed by atoms with van der Waals surface area (Å²) in [7, 11) is 0. The first-order chi connectivity index (χ1) is 6.20. The summed E-state index contributed by atoms with van der Waals surface area (Å²) in [4.78, 5) is 8.78. The van der Waals surface area contributed by atoms with Crippen LogP contribution in [0.15, 0.2) is 41.0 Å². The van der Waals surface area contributed by atoms with Crippen molar-refractivity contribution in [3.05, 3.63) is 36.6 Å². The molecule has 0 atom stereocenters. The van der Waals surface area contributed by atoms with Gasteiger partial charge in [-0.25, -0.2) is 4.79 Å². The van der Waals surface area contributed by atoms with E-state index >= 15 is 0 Å². The van der Waals surface area contributed by atoms with Crippen LogP contribution in [0, 0.1) is 0 Å². The Kier molecular flexibility index (Phi) is 2.92. The Labute approximate surface area is 74.6 Å². The summed E-state index contributed by atoms with van der Waals surface area (Å²) < 4.78 is 5.12. The van der Waals surface area contributed by atoms with Gasteiger partial charge in [0.15, 0.2) is 0 Å². The highest BCUT2D eigenvalue weighted by Gasteiger charge is 1.89. The molecule has 1 heterocycles. The molecule has 0 fully saturated rings. The molecule has 1 aromatic carbocycles. The number of hydrogen-bond acceptors (Lipinski definition) is 2. The number of carbonyl (C=O) groups is 1. The van der Waals surface area contributed by atoms with Crippen LogP contribution in [-0.4, -0.2) is 11.2 Å². The number of primary amides is 1. The van der Waals surface area contributed by atoms with E-state index in [0.29, 0.717) is 0 Å². The van der Waals surface area contributed by atoms with Gasteiger partial charge in [-0.3, -0.25) is 0 Å². The zero-order chi connectivity index (χ0) is 9.68. The molecule has 0 unspecified atom stereocenters. The molecular formula is C9H9NO3. The first-order valence-electron chi connectivity index (χ1n) is 3.61. The Morgan fingerprint density at radius 2 is 1.92 bits per heavy atom. The summed E-state index contributed by atoms with van der Waals surface area (Å²) >= 11 is 0. The number of carboxylic acid groups (broad SMARTS) is 1. The van der Waals surface area contributed by atoms with Crippen molar-refractivity contribution in [3.8, 4) is 0 Å². The van der Waals surface area contributed by atoms with E-state index in [4.69, 9.17) is 14.3 Å². The van der Waals surface area contributed by atoms with Crippen LogP contribution < -0.4 is 5.73 Å². The molecule has 3 N–H and O–H groups in total. The van der Waals surface area contributed by atoms with Gasteiger partial charge in [-0.2, -0.15) is 0 Å². The van der Waals surface area contributed by atoms with Crippen LogP contribution in [0.2, 0.25) is 0 Å². The second kappa shape index (κ2) is 4.15. The van der Waals surface area contributed by atoms with Gasteiger partial charge in [0.1, 0.15) is 5.58 Å². The molecule has 0 aliphatic heterocycles. The lowest BCUT2D eigenvalue weighted by molar-refractivity contribution is 0.205. The summed E-state index contributed by atoms with van der Waals surface area (Å²) in [6, 6.07) is 9.90. The highest BCUT2D eigenvalue weighted by molar-refractivity contribution is 5.76. The summed E-state index contributed by atoms with van der Waals surface area (Å²) in [6.07, 6.45) is 0.366. The molecule has 1 aromatic heterocycles. The van der Waals surface area contributed by atoms with Crippen LogP contribution >= 0.6 is 0 Å². The van der Waals surface area contributed by atoms with E-state index in [0.717, 1.165) is 11.0 Å². The topological polar surface area (TPSA) is 76.5 Å². The van der Waals surface area contributed by atoms with Gasteiger partial charge in [0.05, 0.1) is 6.26 Å². The van der Waals surface area contributed by atoms with E-state index in [-0.39, 0.29) is 0 Å². The van der Waals surface area contributed by atoms with Crippen molar-refractivity contribution in [3.63, 3.8) is 0 Å². The molecule has 4 nitrogen and oxygen atoms in total. The van der Waals surface area contributed by atoms with Crippen LogP contribution in [0.3, 0.4) is 0 Å². The van der Waals surface area contributed by atoms with Crippen LogP contribution in [0.25, 0.3) is 11.0 Å². The number of para-hydroxylation sites is 1. The molecule has 0 aliphatic carbocycles. The summed E-state index contributed by atoms with van der Waals surface area (Å²) in [5.74, 6) is 0. The standard InChI is InChI=1S/C8H6O.CH3NO2/c1-2-4-8-7(3-1)5-6-9-8;2-1(3)4/h1-6H;2H2,(H,3,4). The first kappa shape index (κ1) is 9.12. The lowest BCUT2D eigenvalue weighted by Gasteiger charge is -1.81. The normalized spacial score (nSPS) is 8.92. The smallest absolute Gasteiger partial charge is 0.402 e. The van der Waals surface area contributed by atoms with E-state index in [2.05, 4.69) is 5.73 Å². The van der Waals surface area contributed by atoms with E-state index in [1.165, 1.54) is 0 Å². The summed E-state index contributed by atoms with van der Waals surface area (Å²) in [5.41, 5.74) is 4.98. The second-order valence-corrected chi connectivity index (χ2v) is 2.30. The number of amides is 1. The van der Waals surface area contributed by atoms with Gasteiger partial charge in [-0.05, 0) is 12.1 Å². The molecule has 0 spiro atoms. The summed E-state index contributed by atoms with van der Waals surface area (Å²) in [5, 5.41) is 8.36. The molecule has 1 amide bonds. The number of rotatable bonds is 0. The van der Waals surface area contributed by atoms with E-state index in [1.54, 1.807) is 6.26 Å². The third-order valence-corrected chi connectivity index (χ3v) is 1.36. The van der Waals surface area contributed by atoms with Crippen molar-refractivity contribution in [2.24, 2.45) is 5.73 Å². The van der Waals surface area contributed by atoms with Gasteiger partial charge in [0.25, 0.3) is 0 Å². The minimum Gasteiger partial charge on any atom is -0.465 e. The Bertz CT molecular complexity index is 360. The summed E-state index contributed by atoms with van der Waals surface area (Å²) in [6.45, 7) is 0. The SMILES string of the molecule is NC(=O)O.c1ccc2occc2c1. The number of fused-ring (bicyclic) bond motifs is 1. The van der Waals surface area contributed by atoms with Crippen LogP contribution in [0.5, 0.6) is 0 Å². The second-order valence-electron chi connectivity index (χ2n) is 2.30. The van der Waals surface area contributed by atoms with Gasteiger partial charge in [-0.1, -0.05) is 18.2 Å². The van der Waals surface area contributed by atoms with Crippen molar-refractivity contribution < 1.29 is 14.3 Å². The monoisotopic (exact) mass is 179 g/mol. The minimum absolute atomic E-state index is 0.956. The Hall–Kier alpha value is -1.97. The predicted octanol–water partition coefficient (Wildman–Crippen LogP) is 2.06. The fourth-order valence-electron chi connectivity index (χ4n) is 0.906. The van der Waals surface area contributed by atoms with Gasteiger partial charge in [0.2, 0.25) is 0 Å². The van der Waals surface area contributed by atoms with Gasteiger partial charge >= 0.3 is 6.09 Å². The molecule has 4 heteroatoms. The first-order valence-corrected chi connectivity index (χ1v) is 3.61. The minimum atomic E-state index is -1.33. The number of benzene rings is 1. The lowest BCUT2D eigenvalue weighted by Crippen LogP contribution is -2.03. The Morgan fingerprint density at radius 1 is 1.31 bits per heavy atom. The van der Waals surface area contributed by atoms with E-state index in [9.17, 15) is 0 Å². The maximum absolute atomic E-state index is 8.78. The fourth-order valence-corrected chi connectivity index (χ4v) is 0.906. The maximum atomic E-state index is 8.78. The maximum Gasteiger partial charge on any atom is 0.402 e. The van der Waals surface area contributed by atoms with Crippen molar-refractivity contribution in [1.82, 2.24) is 0 Å². The van der Waals surface area contributed by atoms with Crippen molar-refractivity contribution in [1.29, 1.82) is 0 Å². The molecule has 13 heavy (non-hydrogen) atoms. The highest BCUT2D eigenvalue weighted by atomic mass is 16.4. The van der Waals surface area contributed by atoms with E-state index in [1.807, 2.05) is 30.3 Å². The largest absolute Gasteiger partial charge is 0.465 e. The van der Waals surface area contributed by atoms with Crippen molar-refractivity contribution >= 4 is 17.1 Å². The van der Waals surface area contributed by atoms with Gasteiger partial charge in [-0.15, -0.1) is 0 Å². The Morgan fingerprint density at radius 3 is 2.54 bits per heavy atom. The third-order valence-electron chi connectivity index (χ3n) is 1.36. The predicted molar refractivity (Wildman–Crippen MR) is 48.4 cm³/mol. The zero-order valence-electron chi connectivity index (χ0n) is 6.81. The number of hydrogen-bond donors (Lipinski definition) is 2. The zero-order valence-corrected chi connectivity index (χ0v) is 6.81. The average molecular weight is 179 g/mol. The molecule has 0 bridgehead atoms. The van der Waals surface area contributed by atoms with Crippen molar-refractivity contribution in [2.45, 2.75) is 0 Å². The van der Waals surface area contributed by atoms with Gasteiger partial charge < -0.3 is 15.3 Å². The molecule has 0 saturated carbocycles. The third kappa shape index (κ3) is 2.86. The Balaban J connectivity index is 0.000000184. The van der Waals surface area contributed by atoms with Crippen LogP contribution in [0.1, 0.15) is 0 Å². The quantitative estimate of drug-likeness (QED) is 0.649. The molecule has 68 valence electrons. The fraction of sp³-hybridized carbons (Fsp3) is 0. The average Bonchev–Trinajstić information content (AvgIpc) is 2.49. The number of furan rings is 1. The van der Waals surface area contributed by atoms with Crippen LogP contribution in [-0.2, 0) is 0 Å². The van der Waals surface area contributed by atoms with Gasteiger partial charge in [0, 0.05) is 5.39 Å². The molecule has 0 aliphatic rings. The molecule has 2 aromatic rings. The van der Waals surface area contributed by atoms with E-state index < -0.39 is 6.09 Å². The number of nitrogens with two attached hydrogens (primary N) is 1. The van der Waals surface area contributed by atoms with Crippen molar-refractivity contribution in [2.75, 3.05) is 0 Å². The lowest BCUT2D eigenvalue weighted by atomic mass is 10.3. The molecule has 0 saturated heterocycles. The van der Waals surface area contributed by atoms with Crippen LogP contribution in [0.4, 0.5) is 4.79 Å².